The second kappa shape index (κ2) is 15.2. The van der Waals surface area contributed by atoms with Crippen molar-refractivity contribution < 1.29 is 19.1 Å². The SMILES string of the molecule is CCCCc1c(Cc2[nH]c(C(=O)OC(C)(C)C)c(C)c2CC)sc(Cc2[nH]c(C(=O)OC(C)(C)C)c(C)c2CC)c1CCCC. The molecule has 3 aromatic rings. The monoisotopic (exact) mass is 638 g/mol. The van der Waals surface area contributed by atoms with Gasteiger partial charge >= 0.3 is 11.9 Å². The molecule has 0 bridgehead atoms. The molecule has 0 saturated carbocycles. The van der Waals surface area contributed by atoms with Crippen LogP contribution in [-0.4, -0.2) is 33.1 Å². The Labute approximate surface area is 276 Å². The molecule has 0 aliphatic carbocycles. The number of nitrogens with one attached hydrogen (secondary N) is 2. The highest BCUT2D eigenvalue weighted by atomic mass is 32.1. The summed E-state index contributed by atoms with van der Waals surface area (Å²) in [7, 11) is 0. The smallest absolute Gasteiger partial charge is 0.355 e. The van der Waals surface area contributed by atoms with Gasteiger partial charge in [-0.25, -0.2) is 9.59 Å². The summed E-state index contributed by atoms with van der Waals surface area (Å²) in [6, 6.07) is 0. The number of carbonyl (C=O) groups excluding carboxylic acids is 2. The van der Waals surface area contributed by atoms with E-state index in [1.807, 2.05) is 66.7 Å². The molecule has 0 spiro atoms. The standard InChI is InChI=1S/C38H58N2O4S/c1-13-17-19-27-28(20-18-14-2)32(22-30-26(16-4)24(6)34(40-30)36(42)44-38(10,11)12)45-31(27)21-29-25(15-3)23(5)33(39-29)35(41)43-37(7,8)9/h39-40H,13-22H2,1-12H3. The number of thiophene rings is 1. The van der Waals surface area contributed by atoms with Crippen LogP contribution in [0.1, 0.15) is 170 Å². The molecule has 2 N–H and O–H groups in total. The molecule has 6 nitrogen and oxygen atoms in total. The van der Waals surface area contributed by atoms with Crippen molar-refractivity contribution in [2.24, 2.45) is 0 Å². The van der Waals surface area contributed by atoms with Crippen LogP contribution in [0.5, 0.6) is 0 Å². The lowest BCUT2D eigenvalue weighted by atomic mass is 9.94. The van der Waals surface area contributed by atoms with Crippen molar-refractivity contribution >= 4 is 23.3 Å². The molecule has 0 aliphatic rings. The van der Waals surface area contributed by atoms with Gasteiger partial charge in [0.05, 0.1) is 0 Å². The number of aromatic nitrogens is 2. The summed E-state index contributed by atoms with van der Waals surface area (Å²) in [5.41, 5.74) is 9.60. The van der Waals surface area contributed by atoms with Crippen molar-refractivity contribution in [1.29, 1.82) is 0 Å². The van der Waals surface area contributed by atoms with Crippen LogP contribution in [0.15, 0.2) is 0 Å². The molecule has 3 heterocycles. The van der Waals surface area contributed by atoms with Crippen LogP contribution < -0.4 is 0 Å². The van der Waals surface area contributed by atoms with E-state index in [1.54, 1.807) is 0 Å². The first kappa shape index (κ1) is 36.7. The molecule has 0 aliphatic heterocycles. The Kier molecular flexibility index (Phi) is 12.4. The summed E-state index contributed by atoms with van der Waals surface area (Å²) < 4.78 is 11.5. The van der Waals surface area contributed by atoms with Crippen molar-refractivity contribution in [3.63, 3.8) is 0 Å². The number of unbranched alkanes of at least 4 members (excludes halogenated alkanes) is 2. The maximum absolute atomic E-state index is 13.1. The largest absolute Gasteiger partial charge is 0.455 e. The number of hydrogen-bond acceptors (Lipinski definition) is 5. The zero-order valence-corrected chi connectivity index (χ0v) is 30.9. The topological polar surface area (TPSA) is 84.2 Å². The van der Waals surface area contributed by atoms with Crippen molar-refractivity contribution in [3.8, 4) is 0 Å². The number of rotatable bonds is 14. The molecule has 7 heteroatoms. The zero-order valence-electron chi connectivity index (χ0n) is 30.1. The summed E-state index contributed by atoms with van der Waals surface area (Å²) in [6.07, 6.45) is 9.88. The van der Waals surface area contributed by atoms with Crippen LogP contribution in [0.25, 0.3) is 0 Å². The highest BCUT2D eigenvalue weighted by Gasteiger charge is 2.28. The Morgan fingerprint density at radius 3 is 1.27 bits per heavy atom. The van der Waals surface area contributed by atoms with E-state index in [0.29, 0.717) is 11.4 Å². The van der Waals surface area contributed by atoms with Gasteiger partial charge in [0.25, 0.3) is 0 Å². The van der Waals surface area contributed by atoms with Gasteiger partial charge in [0.2, 0.25) is 0 Å². The molecule has 0 fully saturated rings. The van der Waals surface area contributed by atoms with E-state index in [2.05, 4.69) is 37.7 Å². The first-order valence-electron chi connectivity index (χ1n) is 17.0. The predicted octanol–water partition coefficient (Wildman–Crippen LogP) is 9.92. The van der Waals surface area contributed by atoms with E-state index >= 15 is 0 Å². The van der Waals surface area contributed by atoms with Gasteiger partial charge in [0.1, 0.15) is 22.6 Å². The number of H-pyrrole nitrogens is 2. The minimum atomic E-state index is -0.553. The quantitative estimate of drug-likeness (QED) is 0.172. The Morgan fingerprint density at radius 2 is 0.978 bits per heavy atom. The lowest BCUT2D eigenvalue weighted by molar-refractivity contribution is 0.00501. The molecular weight excluding hydrogens is 580 g/mol. The summed E-state index contributed by atoms with van der Waals surface area (Å²) in [5, 5.41) is 0. The van der Waals surface area contributed by atoms with Gasteiger partial charge in [-0.05, 0) is 127 Å². The molecule has 0 radical (unpaired) electrons. The van der Waals surface area contributed by atoms with Crippen LogP contribution in [0.3, 0.4) is 0 Å². The summed E-state index contributed by atoms with van der Waals surface area (Å²) in [6.45, 7) is 24.3. The predicted molar refractivity (Wildman–Crippen MR) is 187 cm³/mol. The average molecular weight is 639 g/mol. The first-order valence-corrected chi connectivity index (χ1v) is 17.9. The highest BCUT2D eigenvalue weighted by Crippen LogP contribution is 2.37. The molecule has 45 heavy (non-hydrogen) atoms. The van der Waals surface area contributed by atoms with E-state index in [1.165, 1.54) is 32.0 Å². The fraction of sp³-hybridized carbons (Fsp3) is 0.632. The van der Waals surface area contributed by atoms with Gasteiger partial charge in [-0.2, -0.15) is 0 Å². The van der Waals surface area contributed by atoms with E-state index in [-0.39, 0.29) is 11.9 Å². The average Bonchev–Trinajstić information content (AvgIpc) is 3.54. The highest BCUT2D eigenvalue weighted by molar-refractivity contribution is 7.12. The van der Waals surface area contributed by atoms with Gasteiger partial charge in [-0.15, -0.1) is 11.3 Å². The van der Waals surface area contributed by atoms with Gasteiger partial charge in [0.15, 0.2) is 0 Å². The fourth-order valence-electron chi connectivity index (χ4n) is 6.22. The number of aromatic amines is 2. The minimum Gasteiger partial charge on any atom is -0.455 e. The molecule has 0 atom stereocenters. The van der Waals surface area contributed by atoms with E-state index < -0.39 is 11.2 Å². The Bertz CT molecular complexity index is 1360. The zero-order chi connectivity index (χ0) is 33.7. The van der Waals surface area contributed by atoms with Crippen molar-refractivity contribution in [3.05, 3.63) is 65.9 Å². The minimum absolute atomic E-state index is 0.294. The molecule has 250 valence electrons. The Hall–Kier alpha value is -2.80. The van der Waals surface area contributed by atoms with Crippen molar-refractivity contribution in [1.82, 2.24) is 9.97 Å². The fourth-order valence-corrected chi connectivity index (χ4v) is 7.65. The molecule has 3 rings (SSSR count). The lowest BCUT2D eigenvalue weighted by Gasteiger charge is -2.19. The first-order chi connectivity index (χ1) is 21.0. The van der Waals surface area contributed by atoms with Crippen LogP contribution in [0, 0.1) is 13.8 Å². The Balaban J connectivity index is 2.11. The lowest BCUT2D eigenvalue weighted by Crippen LogP contribution is -2.24. The van der Waals surface area contributed by atoms with Gasteiger partial charge in [-0.3, -0.25) is 0 Å². The summed E-state index contributed by atoms with van der Waals surface area (Å²) in [4.78, 5) is 36.0. The normalized spacial score (nSPS) is 12.2. The van der Waals surface area contributed by atoms with E-state index in [4.69, 9.17) is 9.47 Å². The second-order valence-corrected chi connectivity index (χ2v) is 15.5. The summed E-state index contributed by atoms with van der Waals surface area (Å²) >= 11 is 1.91. The van der Waals surface area contributed by atoms with Crippen molar-refractivity contribution in [2.75, 3.05) is 0 Å². The second-order valence-electron chi connectivity index (χ2n) is 14.3. The number of esters is 2. The molecular formula is C38H58N2O4S. The number of carbonyl (C=O) groups is 2. The van der Waals surface area contributed by atoms with Gasteiger partial charge < -0.3 is 19.4 Å². The molecule has 0 amide bonds. The number of hydrogen-bond donors (Lipinski definition) is 2. The third-order valence-electron chi connectivity index (χ3n) is 8.37. The third kappa shape index (κ3) is 9.15. The molecule has 0 saturated heterocycles. The van der Waals surface area contributed by atoms with Crippen LogP contribution in [-0.2, 0) is 48.0 Å². The van der Waals surface area contributed by atoms with E-state index in [9.17, 15) is 9.59 Å². The maximum atomic E-state index is 13.1. The summed E-state index contributed by atoms with van der Waals surface area (Å²) in [5.74, 6) is -0.588. The maximum Gasteiger partial charge on any atom is 0.355 e. The van der Waals surface area contributed by atoms with Gasteiger partial charge in [0, 0.05) is 34.0 Å². The Morgan fingerprint density at radius 1 is 0.622 bits per heavy atom. The van der Waals surface area contributed by atoms with Crippen LogP contribution in [0.4, 0.5) is 0 Å². The van der Waals surface area contributed by atoms with E-state index in [0.717, 1.165) is 86.7 Å². The van der Waals surface area contributed by atoms with Gasteiger partial charge in [-0.1, -0.05) is 40.5 Å². The number of ether oxygens (including phenoxy) is 2. The molecule has 3 aromatic heterocycles. The molecule has 0 aromatic carbocycles. The third-order valence-corrected chi connectivity index (χ3v) is 9.64. The van der Waals surface area contributed by atoms with Crippen LogP contribution >= 0.6 is 11.3 Å². The molecule has 0 unspecified atom stereocenters. The van der Waals surface area contributed by atoms with Crippen LogP contribution in [0.2, 0.25) is 0 Å². The van der Waals surface area contributed by atoms with Crippen molar-refractivity contribution in [2.45, 2.75) is 158 Å².